The summed E-state index contributed by atoms with van der Waals surface area (Å²) in [5, 5.41) is 3.99. The first-order chi connectivity index (χ1) is 11.7. The minimum absolute atomic E-state index is 0.0434. The molecule has 0 spiro atoms. The van der Waals surface area contributed by atoms with Crippen molar-refractivity contribution in [3.05, 3.63) is 57.1 Å². The fourth-order valence-corrected chi connectivity index (χ4v) is 3.59. The van der Waals surface area contributed by atoms with E-state index in [1.807, 2.05) is 42.5 Å². The maximum absolute atomic E-state index is 11.8. The lowest BCUT2D eigenvalue weighted by molar-refractivity contribution is -0.123. The standard InChI is InChI=1S/C18H17IN2O2S/c19-13-7-9-14(10-8-13)23-12-17(22)20-11-3-6-18-21-15-4-1-2-5-16(15)24-18/h1-2,4-5,7-10H,3,6,11-12H2,(H,20,22). The Kier molecular flexibility index (Phi) is 6.03. The van der Waals surface area contributed by atoms with Gasteiger partial charge < -0.3 is 10.1 Å². The summed E-state index contributed by atoms with van der Waals surface area (Å²) in [5.74, 6) is 0.609. The average molecular weight is 452 g/mol. The number of hydrogen-bond acceptors (Lipinski definition) is 4. The van der Waals surface area contributed by atoms with Crippen molar-refractivity contribution in [2.45, 2.75) is 12.8 Å². The van der Waals surface area contributed by atoms with Gasteiger partial charge in [0.05, 0.1) is 15.2 Å². The fraction of sp³-hybridized carbons (Fsp3) is 0.222. The van der Waals surface area contributed by atoms with E-state index in [1.54, 1.807) is 11.3 Å². The number of benzene rings is 2. The first-order valence-electron chi connectivity index (χ1n) is 7.70. The monoisotopic (exact) mass is 452 g/mol. The fourth-order valence-electron chi connectivity index (χ4n) is 2.23. The van der Waals surface area contributed by atoms with E-state index in [0.29, 0.717) is 12.3 Å². The lowest BCUT2D eigenvalue weighted by Crippen LogP contribution is -2.29. The largest absolute Gasteiger partial charge is 0.484 e. The van der Waals surface area contributed by atoms with Crippen LogP contribution in [0.1, 0.15) is 11.4 Å². The number of carbonyl (C=O) groups excluding carboxylic acids is 1. The van der Waals surface area contributed by atoms with E-state index >= 15 is 0 Å². The van der Waals surface area contributed by atoms with Gasteiger partial charge in [-0.15, -0.1) is 11.3 Å². The molecular weight excluding hydrogens is 435 g/mol. The number of halogens is 1. The van der Waals surface area contributed by atoms with Crippen molar-refractivity contribution in [3.63, 3.8) is 0 Å². The number of nitrogens with one attached hydrogen (secondary N) is 1. The van der Waals surface area contributed by atoms with Gasteiger partial charge in [-0.3, -0.25) is 4.79 Å². The summed E-state index contributed by atoms with van der Waals surface area (Å²) in [5.41, 5.74) is 1.05. The summed E-state index contributed by atoms with van der Waals surface area (Å²) in [6.45, 7) is 0.673. The Morgan fingerprint density at radius 3 is 2.75 bits per heavy atom. The Balaban J connectivity index is 1.36. The molecule has 1 aromatic heterocycles. The Morgan fingerprint density at radius 1 is 1.17 bits per heavy atom. The van der Waals surface area contributed by atoms with Crippen LogP contribution in [0.15, 0.2) is 48.5 Å². The molecular formula is C18H17IN2O2S. The Bertz CT molecular complexity index is 784. The maximum atomic E-state index is 11.8. The van der Waals surface area contributed by atoms with Gasteiger partial charge in [-0.2, -0.15) is 0 Å². The van der Waals surface area contributed by atoms with E-state index in [1.165, 1.54) is 4.70 Å². The second-order valence-corrected chi connectivity index (χ2v) is 7.63. The third kappa shape index (κ3) is 4.91. The van der Waals surface area contributed by atoms with Crippen LogP contribution in [0.5, 0.6) is 5.75 Å². The van der Waals surface area contributed by atoms with Gasteiger partial charge in [0, 0.05) is 16.5 Å². The zero-order valence-electron chi connectivity index (χ0n) is 13.0. The second kappa shape index (κ2) is 8.43. The van der Waals surface area contributed by atoms with Crippen LogP contribution in [-0.4, -0.2) is 24.0 Å². The molecule has 2 aromatic carbocycles. The minimum atomic E-state index is -0.0992. The van der Waals surface area contributed by atoms with Crippen LogP contribution < -0.4 is 10.1 Å². The van der Waals surface area contributed by atoms with Gasteiger partial charge in [-0.1, -0.05) is 12.1 Å². The number of fused-ring (bicyclic) bond motifs is 1. The molecule has 0 bridgehead atoms. The molecule has 0 atom stereocenters. The van der Waals surface area contributed by atoms with Crippen LogP contribution >= 0.6 is 33.9 Å². The third-order valence-electron chi connectivity index (χ3n) is 3.41. The third-order valence-corrected chi connectivity index (χ3v) is 5.23. The molecule has 124 valence electrons. The number of thiazole rings is 1. The number of hydrogen-bond donors (Lipinski definition) is 1. The molecule has 1 amide bonds. The predicted molar refractivity (Wildman–Crippen MR) is 106 cm³/mol. The summed E-state index contributed by atoms with van der Waals surface area (Å²) in [7, 11) is 0. The van der Waals surface area contributed by atoms with Crippen molar-refractivity contribution >= 4 is 50.1 Å². The molecule has 0 saturated heterocycles. The highest BCUT2D eigenvalue weighted by atomic mass is 127. The average Bonchev–Trinajstić information content (AvgIpc) is 3.01. The maximum Gasteiger partial charge on any atom is 0.257 e. The molecule has 3 aromatic rings. The van der Waals surface area contributed by atoms with Crippen LogP contribution in [0.2, 0.25) is 0 Å². The molecule has 0 fully saturated rings. The highest BCUT2D eigenvalue weighted by molar-refractivity contribution is 14.1. The number of carbonyl (C=O) groups is 1. The normalized spacial score (nSPS) is 10.7. The molecule has 0 aliphatic heterocycles. The molecule has 1 heterocycles. The highest BCUT2D eigenvalue weighted by Crippen LogP contribution is 2.22. The molecule has 0 unspecified atom stereocenters. The highest BCUT2D eigenvalue weighted by Gasteiger charge is 2.05. The van der Waals surface area contributed by atoms with E-state index in [9.17, 15) is 4.79 Å². The first kappa shape index (κ1) is 17.2. The van der Waals surface area contributed by atoms with Gasteiger partial charge in [-0.05, 0) is 65.4 Å². The number of amides is 1. The molecule has 0 aliphatic carbocycles. The SMILES string of the molecule is O=C(COc1ccc(I)cc1)NCCCc1nc2ccccc2s1. The van der Waals surface area contributed by atoms with E-state index in [2.05, 4.69) is 39.0 Å². The van der Waals surface area contributed by atoms with E-state index in [4.69, 9.17) is 4.74 Å². The van der Waals surface area contributed by atoms with Crippen molar-refractivity contribution in [1.29, 1.82) is 0 Å². The number of aromatic nitrogens is 1. The van der Waals surface area contributed by atoms with Crippen molar-refractivity contribution in [3.8, 4) is 5.75 Å². The zero-order valence-corrected chi connectivity index (χ0v) is 16.0. The van der Waals surface area contributed by atoms with E-state index in [0.717, 1.165) is 26.9 Å². The van der Waals surface area contributed by atoms with Crippen molar-refractivity contribution in [1.82, 2.24) is 10.3 Å². The predicted octanol–water partition coefficient (Wildman–Crippen LogP) is 4.03. The number of ether oxygens (including phenoxy) is 1. The molecule has 6 heteroatoms. The van der Waals surface area contributed by atoms with Gasteiger partial charge in [-0.25, -0.2) is 4.98 Å². The topological polar surface area (TPSA) is 51.2 Å². The summed E-state index contributed by atoms with van der Waals surface area (Å²) >= 11 is 3.95. The summed E-state index contributed by atoms with van der Waals surface area (Å²) in [6, 6.07) is 15.8. The van der Waals surface area contributed by atoms with Gasteiger partial charge in [0.1, 0.15) is 5.75 Å². The lowest BCUT2D eigenvalue weighted by Gasteiger charge is -2.07. The Labute approximate surface area is 158 Å². The molecule has 0 saturated carbocycles. The number of nitrogens with zero attached hydrogens (tertiary/aromatic N) is 1. The quantitative estimate of drug-likeness (QED) is 0.435. The van der Waals surface area contributed by atoms with Crippen molar-refractivity contribution < 1.29 is 9.53 Å². The molecule has 4 nitrogen and oxygen atoms in total. The van der Waals surface area contributed by atoms with Crippen LogP contribution in [0.25, 0.3) is 10.2 Å². The summed E-state index contributed by atoms with van der Waals surface area (Å²) < 4.78 is 7.80. The van der Waals surface area contributed by atoms with Gasteiger partial charge in [0.2, 0.25) is 0 Å². The Morgan fingerprint density at radius 2 is 1.96 bits per heavy atom. The molecule has 0 aliphatic rings. The second-order valence-electron chi connectivity index (χ2n) is 5.27. The van der Waals surface area contributed by atoms with E-state index < -0.39 is 0 Å². The van der Waals surface area contributed by atoms with E-state index in [-0.39, 0.29) is 12.5 Å². The molecule has 1 N–H and O–H groups in total. The molecule has 24 heavy (non-hydrogen) atoms. The van der Waals surface area contributed by atoms with Crippen molar-refractivity contribution in [2.24, 2.45) is 0 Å². The van der Waals surface area contributed by atoms with Gasteiger partial charge in [0.15, 0.2) is 6.61 Å². The van der Waals surface area contributed by atoms with Gasteiger partial charge in [0.25, 0.3) is 5.91 Å². The van der Waals surface area contributed by atoms with Crippen LogP contribution in [0, 0.1) is 3.57 Å². The minimum Gasteiger partial charge on any atom is -0.484 e. The number of rotatable bonds is 7. The van der Waals surface area contributed by atoms with Crippen LogP contribution in [-0.2, 0) is 11.2 Å². The molecule has 0 radical (unpaired) electrons. The number of aryl methyl sites for hydroxylation is 1. The van der Waals surface area contributed by atoms with Crippen LogP contribution in [0.3, 0.4) is 0 Å². The summed E-state index contributed by atoms with van der Waals surface area (Å²) in [6.07, 6.45) is 1.74. The smallest absolute Gasteiger partial charge is 0.257 e. The van der Waals surface area contributed by atoms with Crippen molar-refractivity contribution in [2.75, 3.05) is 13.2 Å². The number of para-hydroxylation sites is 1. The van der Waals surface area contributed by atoms with Crippen LogP contribution in [0.4, 0.5) is 0 Å². The summed E-state index contributed by atoms with van der Waals surface area (Å²) in [4.78, 5) is 16.4. The first-order valence-corrected chi connectivity index (χ1v) is 9.60. The van der Waals surface area contributed by atoms with Gasteiger partial charge >= 0.3 is 0 Å². The Hall–Kier alpha value is -1.67. The lowest BCUT2D eigenvalue weighted by atomic mass is 10.3. The zero-order chi connectivity index (χ0) is 16.8. The molecule has 3 rings (SSSR count).